The molecule has 0 unspecified atom stereocenters. The highest BCUT2D eigenvalue weighted by atomic mass is 16.1. The van der Waals surface area contributed by atoms with Crippen molar-refractivity contribution >= 4 is 18.1 Å². The van der Waals surface area contributed by atoms with Gasteiger partial charge >= 0.3 is 0 Å². The van der Waals surface area contributed by atoms with Crippen molar-refractivity contribution in [2.45, 2.75) is 26.2 Å². The van der Waals surface area contributed by atoms with Gasteiger partial charge in [0.15, 0.2) is 0 Å². The predicted molar refractivity (Wildman–Crippen MR) is 106 cm³/mol. The molecule has 3 rings (SSSR count). The summed E-state index contributed by atoms with van der Waals surface area (Å²) in [6.45, 7) is 6.05. The van der Waals surface area contributed by atoms with Crippen LogP contribution in [0.5, 0.6) is 0 Å². The highest BCUT2D eigenvalue weighted by molar-refractivity contribution is 5.93. The summed E-state index contributed by atoms with van der Waals surface area (Å²) in [4.78, 5) is 48.6. The standard InChI is InChI=1S/C20H21N5O3/c1-20(2,3)16-13(22-10-23-16)9-15-19(28)24-14(18(27)25-15)8-11-5-4-6-12(7-11)17(21)26/h4-10H,1-3H3,(H2,21,26)(H,22,23)(H,24,28)(H,25,27)/b14-8-,15-9-. The fraction of sp³-hybridized carbons (Fsp3) is 0.200. The highest BCUT2D eigenvalue weighted by Gasteiger charge is 2.19. The zero-order valence-electron chi connectivity index (χ0n) is 15.8. The van der Waals surface area contributed by atoms with Crippen LogP contribution >= 0.6 is 0 Å². The van der Waals surface area contributed by atoms with Crippen molar-refractivity contribution in [3.63, 3.8) is 0 Å². The number of carbonyl (C=O) groups is 1. The molecule has 0 atom stereocenters. The Kier molecular flexibility index (Phi) is 4.87. The number of carbonyl (C=O) groups excluding carboxylic acids is 1. The molecular formula is C20H21N5O3. The molecule has 8 nitrogen and oxygen atoms in total. The van der Waals surface area contributed by atoms with Gasteiger partial charge in [-0.15, -0.1) is 0 Å². The number of primary amides is 1. The summed E-state index contributed by atoms with van der Waals surface area (Å²) >= 11 is 0. The van der Waals surface area contributed by atoms with Gasteiger partial charge in [-0.05, 0) is 29.8 Å². The van der Waals surface area contributed by atoms with Crippen molar-refractivity contribution in [2.24, 2.45) is 5.73 Å². The normalized spacial score (nSPS) is 13.1. The number of amides is 1. The van der Waals surface area contributed by atoms with Gasteiger partial charge in [-0.1, -0.05) is 32.9 Å². The fourth-order valence-electron chi connectivity index (χ4n) is 2.80. The number of hydrogen-bond donors (Lipinski definition) is 4. The molecule has 2 heterocycles. The third-order valence-electron chi connectivity index (χ3n) is 4.17. The van der Waals surface area contributed by atoms with Gasteiger partial charge in [0.05, 0.1) is 12.0 Å². The van der Waals surface area contributed by atoms with Crippen LogP contribution in [0.4, 0.5) is 0 Å². The number of aromatic nitrogens is 4. The van der Waals surface area contributed by atoms with Crippen LogP contribution in [0.2, 0.25) is 0 Å². The average molecular weight is 379 g/mol. The summed E-state index contributed by atoms with van der Waals surface area (Å²) < 4.78 is 0. The summed E-state index contributed by atoms with van der Waals surface area (Å²) in [5.41, 5.74) is 6.45. The van der Waals surface area contributed by atoms with Gasteiger partial charge in [-0.3, -0.25) is 14.4 Å². The van der Waals surface area contributed by atoms with Crippen molar-refractivity contribution < 1.29 is 4.79 Å². The van der Waals surface area contributed by atoms with Crippen molar-refractivity contribution in [1.82, 2.24) is 19.9 Å². The first-order chi connectivity index (χ1) is 13.1. The lowest BCUT2D eigenvalue weighted by Crippen LogP contribution is -2.46. The molecule has 0 saturated heterocycles. The third kappa shape index (κ3) is 4.01. The van der Waals surface area contributed by atoms with E-state index in [9.17, 15) is 14.4 Å². The summed E-state index contributed by atoms with van der Waals surface area (Å²) in [6.07, 6.45) is 4.56. The minimum absolute atomic E-state index is 0.0712. The van der Waals surface area contributed by atoms with Crippen LogP contribution in [-0.4, -0.2) is 25.8 Å². The molecule has 144 valence electrons. The van der Waals surface area contributed by atoms with E-state index >= 15 is 0 Å². The molecule has 0 saturated carbocycles. The van der Waals surface area contributed by atoms with Gasteiger partial charge in [0.25, 0.3) is 11.1 Å². The van der Waals surface area contributed by atoms with Gasteiger partial charge in [0, 0.05) is 16.7 Å². The van der Waals surface area contributed by atoms with E-state index in [2.05, 4.69) is 19.9 Å². The highest BCUT2D eigenvalue weighted by Crippen LogP contribution is 2.22. The lowest BCUT2D eigenvalue weighted by Gasteiger charge is -2.16. The molecule has 0 fully saturated rings. The number of H-pyrrole nitrogens is 3. The molecule has 0 aliphatic heterocycles. The molecule has 1 aromatic carbocycles. The van der Waals surface area contributed by atoms with E-state index in [4.69, 9.17) is 5.73 Å². The minimum atomic E-state index is -0.573. The van der Waals surface area contributed by atoms with Crippen LogP contribution in [0, 0.1) is 0 Å². The lowest BCUT2D eigenvalue weighted by atomic mass is 9.90. The van der Waals surface area contributed by atoms with Crippen LogP contribution in [-0.2, 0) is 5.41 Å². The zero-order valence-corrected chi connectivity index (χ0v) is 15.8. The van der Waals surface area contributed by atoms with E-state index in [-0.39, 0.29) is 16.1 Å². The van der Waals surface area contributed by atoms with E-state index in [0.717, 1.165) is 5.69 Å². The number of imidazole rings is 1. The molecule has 3 aromatic rings. The maximum atomic E-state index is 12.5. The number of hydrogen-bond acceptors (Lipinski definition) is 4. The minimum Gasteiger partial charge on any atom is -0.366 e. The first kappa shape index (κ1) is 19.1. The Bertz CT molecular complexity index is 1270. The lowest BCUT2D eigenvalue weighted by molar-refractivity contribution is 0.1000. The van der Waals surface area contributed by atoms with Gasteiger partial charge in [0.2, 0.25) is 5.91 Å². The predicted octanol–water partition coefficient (Wildman–Crippen LogP) is -0.160. The maximum absolute atomic E-state index is 12.5. The Morgan fingerprint density at radius 3 is 2.32 bits per heavy atom. The number of nitrogens with one attached hydrogen (secondary N) is 3. The Labute approximate surface area is 159 Å². The summed E-state index contributed by atoms with van der Waals surface area (Å²) in [6, 6.07) is 6.45. The van der Waals surface area contributed by atoms with Gasteiger partial charge in [-0.25, -0.2) is 4.98 Å². The average Bonchev–Trinajstić information content (AvgIpc) is 3.08. The first-order valence-electron chi connectivity index (χ1n) is 8.65. The summed E-state index contributed by atoms with van der Waals surface area (Å²) in [5, 5.41) is 0.174. The van der Waals surface area contributed by atoms with Gasteiger partial charge in [0.1, 0.15) is 10.7 Å². The number of aromatic amines is 3. The van der Waals surface area contributed by atoms with Crippen LogP contribution < -0.4 is 27.6 Å². The molecule has 0 aliphatic rings. The SMILES string of the molecule is CC(C)(C)c1[nH]cnc1/C=c1\[nH]c(=O)/c(=C/c2cccc(C(N)=O)c2)[nH]c1=O. The van der Waals surface area contributed by atoms with Crippen molar-refractivity contribution in [1.29, 1.82) is 0 Å². The second-order valence-corrected chi connectivity index (χ2v) is 7.43. The molecule has 1 amide bonds. The number of nitrogens with zero attached hydrogens (tertiary/aromatic N) is 1. The van der Waals surface area contributed by atoms with Gasteiger partial charge in [-0.2, -0.15) is 0 Å². The first-order valence-corrected chi connectivity index (χ1v) is 8.65. The number of nitrogens with two attached hydrogens (primary N) is 1. The monoisotopic (exact) mass is 379 g/mol. The van der Waals surface area contributed by atoms with Crippen LogP contribution in [0.3, 0.4) is 0 Å². The third-order valence-corrected chi connectivity index (χ3v) is 4.17. The van der Waals surface area contributed by atoms with E-state index in [0.29, 0.717) is 16.8 Å². The van der Waals surface area contributed by atoms with Crippen LogP contribution in [0.1, 0.15) is 48.1 Å². The Morgan fingerprint density at radius 2 is 1.71 bits per heavy atom. The molecule has 28 heavy (non-hydrogen) atoms. The Hall–Kier alpha value is -3.68. The van der Waals surface area contributed by atoms with E-state index in [1.807, 2.05) is 20.8 Å². The molecule has 0 spiro atoms. The molecule has 2 aromatic heterocycles. The molecule has 0 radical (unpaired) electrons. The number of rotatable bonds is 3. The summed E-state index contributed by atoms with van der Waals surface area (Å²) in [7, 11) is 0. The van der Waals surface area contributed by atoms with Crippen LogP contribution in [0.15, 0.2) is 40.2 Å². The Balaban J connectivity index is 2.12. The molecule has 0 bridgehead atoms. The largest absolute Gasteiger partial charge is 0.366 e. The smallest absolute Gasteiger partial charge is 0.272 e. The zero-order chi connectivity index (χ0) is 20.5. The molecular weight excluding hydrogens is 358 g/mol. The number of benzene rings is 1. The second kappa shape index (κ2) is 7.15. The van der Waals surface area contributed by atoms with Crippen LogP contribution in [0.25, 0.3) is 12.2 Å². The van der Waals surface area contributed by atoms with E-state index in [1.165, 1.54) is 12.2 Å². The van der Waals surface area contributed by atoms with E-state index in [1.54, 1.807) is 30.6 Å². The summed E-state index contributed by atoms with van der Waals surface area (Å²) in [5.74, 6) is -0.573. The molecule has 8 heteroatoms. The van der Waals surface area contributed by atoms with Gasteiger partial charge < -0.3 is 20.7 Å². The van der Waals surface area contributed by atoms with Crippen molar-refractivity contribution in [3.8, 4) is 0 Å². The Morgan fingerprint density at radius 1 is 1.07 bits per heavy atom. The topological polar surface area (TPSA) is 137 Å². The van der Waals surface area contributed by atoms with E-state index < -0.39 is 17.0 Å². The quantitative estimate of drug-likeness (QED) is 0.502. The second-order valence-electron chi connectivity index (χ2n) is 7.43. The molecule has 0 aliphatic carbocycles. The maximum Gasteiger partial charge on any atom is 0.272 e. The fourth-order valence-corrected chi connectivity index (χ4v) is 2.80. The molecule has 5 N–H and O–H groups in total. The van der Waals surface area contributed by atoms with Crippen molar-refractivity contribution in [3.05, 3.63) is 84.5 Å². The van der Waals surface area contributed by atoms with Crippen molar-refractivity contribution in [2.75, 3.05) is 0 Å².